The molecule has 1 heterocycles. The molecule has 3 rings (SSSR count). The first kappa shape index (κ1) is 23.6. The van der Waals surface area contributed by atoms with Crippen LogP contribution < -0.4 is 5.32 Å². The highest BCUT2D eigenvalue weighted by atomic mass is 35.5. The summed E-state index contributed by atoms with van der Waals surface area (Å²) in [6.45, 7) is 1.47. The molecule has 0 radical (unpaired) electrons. The van der Waals surface area contributed by atoms with Gasteiger partial charge in [0.1, 0.15) is 11.6 Å². The van der Waals surface area contributed by atoms with E-state index >= 15 is 0 Å². The fourth-order valence-corrected chi connectivity index (χ4v) is 4.42. The summed E-state index contributed by atoms with van der Waals surface area (Å²) in [5.74, 6) is -1.44. The highest BCUT2D eigenvalue weighted by Gasteiger charge is 2.24. The van der Waals surface area contributed by atoms with Gasteiger partial charge in [0.25, 0.3) is 0 Å². The van der Waals surface area contributed by atoms with Gasteiger partial charge in [0, 0.05) is 42.5 Å². The lowest BCUT2D eigenvalue weighted by atomic mass is 9.98. The lowest BCUT2D eigenvalue weighted by Gasteiger charge is -2.18. The van der Waals surface area contributed by atoms with E-state index in [0.717, 1.165) is 18.2 Å². The lowest BCUT2D eigenvalue weighted by molar-refractivity contribution is 0.217. The van der Waals surface area contributed by atoms with Crippen LogP contribution in [-0.2, 0) is 16.4 Å². The smallest absolute Gasteiger partial charge is 0.317 e. The second-order valence-electron chi connectivity index (χ2n) is 7.21. The molecule has 0 saturated carbocycles. The Balaban J connectivity index is 2.20. The molecule has 0 bridgehead atoms. The standard InChI is InChI=1S/C22H20ClF2N3O3S/c1-13-19(12-26-22(29)28(2)3)17(18-10-15(24)6-9-20(18)25)11-21(27-13)32(30,31)16-7-4-14(23)5-8-16/h4-11H,12H2,1-3H3,(H,26,29). The Morgan fingerprint density at radius 2 is 1.72 bits per heavy atom. The Labute approximate surface area is 189 Å². The summed E-state index contributed by atoms with van der Waals surface area (Å²) in [6, 6.07) is 9.20. The second-order valence-corrected chi connectivity index (χ2v) is 9.54. The van der Waals surface area contributed by atoms with Crippen LogP contribution in [0.2, 0.25) is 5.02 Å². The number of hydrogen-bond acceptors (Lipinski definition) is 4. The van der Waals surface area contributed by atoms with Crippen molar-refractivity contribution in [3.63, 3.8) is 0 Å². The van der Waals surface area contributed by atoms with Gasteiger partial charge in [-0.25, -0.2) is 27.0 Å². The summed E-state index contributed by atoms with van der Waals surface area (Å²) in [4.78, 5) is 17.5. The molecule has 0 aliphatic rings. The molecule has 6 nitrogen and oxygen atoms in total. The van der Waals surface area contributed by atoms with Crippen molar-refractivity contribution in [3.8, 4) is 11.1 Å². The number of hydrogen-bond donors (Lipinski definition) is 1. The number of rotatable bonds is 5. The molecule has 3 aromatic rings. The van der Waals surface area contributed by atoms with Crippen molar-refractivity contribution >= 4 is 27.5 Å². The largest absolute Gasteiger partial charge is 0.334 e. The van der Waals surface area contributed by atoms with E-state index < -0.39 is 27.5 Å². The van der Waals surface area contributed by atoms with Gasteiger partial charge in [-0.3, -0.25) is 0 Å². The van der Waals surface area contributed by atoms with Crippen molar-refractivity contribution in [1.82, 2.24) is 15.2 Å². The minimum atomic E-state index is -4.07. The number of sulfone groups is 1. The number of benzene rings is 2. The highest BCUT2D eigenvalue weighted by Crippen LogP contribution is 2.32. The molecule has 2 amide bonds. The van der Waals surface area contributed by atoms with E-state index in [4.69, 9.17) is 11.6 Å². The van der Waals surface area contributed by atoms with Crippen molar-refractivity contribution in [2.75, 3.05) is 14.1 Å². The van der Waals surface area contributed by atoms with Crippen LogP contribution in [0.3, 0.4) is 0 Å². The van der Waals surface area contributed by atoms with E-state index in [1.165, 1.54) is 35.2 Å². The minimum Gasteiger partial charge on any atom is -0.334 e. The van der Waals surface area contributed by atoms with Crippen LogP contribution in [0.25, 0.3) is 11.1 Å². The van der Waals surface area contributed by atoms with Crippen LogP contribution in [-0.4, -0.2) is 38.4 Å². The highest BCUT2D eigenvalue weighted by molar-refractivity contribution is 7.91. The first-order valence-electron chi connectivity index (χ1n) is 9.42. The fraction of sp³-hybridized carbons (Fsp3) is 0.182. The molecule has 0 aliphatic heterocycles. The van der Waals surface area contributed by atoms with Crippen molar-refractivity contribution < 1.29 is 22.0 Å². The molecule has 0 saturated heterocycles. The molecule has 1 N–H and O–H groups in total. The maximum atomic E-state index is 14.6. The maximum Gasteiger partial charge on any atom is 0.317 e. The number of nitrogens with zero attached hydrogens (tertiary/aromatic N) is 2. The molecule has 0 atom stereocenters. The predicted molar refractivity (Wildman–Crippen MR) is 117 cm³/mol. The van der Waals surface area contributed by atoms with Crippen LogP contribution >= 0.6 is 11.6 Å². The number of nitrogens with one attached hydrogen (secondary N) is 1. The van der Waals surface area contributed by atoms with Gasteiger partial charge in [0.15, 0.2) is 5.03 Å². The maximum absolute atomic E-state index is 14.6. The topological polar surface area (TPSA) is 79.4 Å². The Morgan fingerprint density at radius 3 is 2.34 bits per heavy atom. The average Bonchev–Trinajstić information content (AvgIpc) is 2.74. The predicted octanol–water partition coefficient (Wildman–Crippen LogP) is 4.59. The molecule has 0 fully saturated rings. The monoisotopic (exact) mass is 479 g/mol. The van der Waals surface area contributed by atoms with E-state index in [2.05, 4.69) is 10.3 Å². The first-order valence-corrected chi connectivity index (χ1v) is 11.3. The third kappa shape index (κ3) is 4.89. The minimum absolute atomic E-state index is 0.0480. The number of aryl methyl sites for hydroxylation is 1. The third-order valence-corrected chi connectivity index (χ3v) is 6.65. The van der Waals surface area contributed by atoms with Gasteiger partial charge in [0.05, 0.1) is 4.90 Å². The van der Waals surface area contributed by atoms with Crippen LogP contribution in [0.4, 0.5) is 13.6 Å². The number of pyridine rings is 1. The van der Waals surface area contributed by atoms with Gasteiger partial charge < -0.3 is 10.2 Å². The Bertz CT molecular complexity index is 1280. The zero-order valence-electron chi connectivity index (χ0n) is 17.5. The van der Waals surface area contributed by atoms with E-state index in [0.29, 0.717) is 10.6 Å². The number of aromatic nitrogens is 1. The summed E-state index contributed by atoms with van der Waals surface area (Å²) < 4.78 is 54.9. The zero-order chi connectivity index (χ0) is 23.6. The molecule has 32 heavy (non-hydrogen) atoms. The van der Waals surface area contributed by atoms with Crippen molar-refractivity contribution in [1.29, 1.82) is 0 Å². The second kappa shape index (κ2) is 9.22. The van der Waals surface area contributed by atoms with E-state index in [1.54, 1.807) is 21.0 Å². The fourth-order valence-electron chi connectivity index (χ4n) is 3.03. The van der Waals surface area contributed by atoms with Crippen molar-refractivity contribution in [2.24, 2.45) is 0 Å². The van der Waals surface area contributed by atoms with Gasteiger partial charge >= 0.3 is 6.03 Å². The Hall–Kier alpha value is -3.04. The zero-order valence-corrected chi connectivity index (χ0v) is 19.1. The molecular weight excluding hydrogens is 460 g/mol. The van der Waals surface area contributed by atoms with E-state index in [9.17, 15) is 22.0 Å². The quantitative estimate of drug-likeness (QED) is 0.580. The van der Waals surface area contributed by atoms with Gasteiger partial charge in [-0.1, -0.05) is 11.6 Å². The molecular formula is C22H20ClF2N3O3S. The summed E-state index contributed by atoms with van der Waals surface area (Å²) in [7, 11) is -0.973. The van der Waals surface area contributed by atoms with Crippen LogP contribution in [0.1, 0.15) is 11.3 Å². The number of halogens is 3. The van der Waals surface area contributed by atoms with Crippen LogP contribution in [0.15, 0.2) is 58.5 Å². The van der Waals surface area contributed by atoms with Crippen LogP contribution in [0, 0.1) is 18.6 Å². The average molecular weight is 480 g/mol. The number of amides is 2. The third-order valence-electron chi connectivity index (χ3n) is 4.75. The van der Waals surface area contributed by atoms with Gasteiger partial charge in [0.2, 0.25) is 9.84 Å². The van der Waals surface area contributed by atoms with E-state index in [1.807, 2.05) is 0 Å². The van der Waals surface area contributed by atoms with Crippen molar-refractivity contribution in [2.45, 2.75) is 23.4 Å². The molecule has 168 valence electrons. The molecule has 10 heteroatoms. The summed E-state index contributed by atoms with van der Waals surface area (Å²) in [5, 5.41) is 2.68. The van der Waals surface area contributed by atoms with Crippen molar-refractivity contribution in [3.05, 3.63) is 76.4 Å². The molecule has 1 aromatic heterocycles. The molecule has 2 aromatic carbocycles. The normalized spacial score (nSPS) is 11.3. The Morgan fingerprint density at radius 1 is 1.06 bits per heavy atom. The summed E-state index contributed by atoms with van der Waals surface area (Å²) in [5.41, 5.74) is 0.579. The number of carbonyl (C=O) groups excluding carboxylic acids is 1. The molecule has 0 spiro atoms. The summed E-state index contributed by atoms with van der Waals surface area (Å²) in [6.07, 6.45) is 0. The van der Waals surface area contributed by atoms with Crippen LogP contribution in [0.5, 0.6) is 0 Å². The number of urea groups is 1. The Kier molecular flexibility index (Phi) is 6.80. The molecule has 0 unspecified atom stereocenters. The lowest BCUT2D eigenvalue weighted by Crippen LogP contribution is -2.34. The van der Waals surface area contributed by atoms with Gasteiger partial charge in [-0.05, 0) is 61.0 Å². The van der Waals surface area contributed by atoms with Gasteiger partial charge in [-0.15, -0.1) is 0 Å². The number of carbonyl (C=O) groups is 1. The van der Waals surface area contributed by atoms with Gasteiger partial charge in [-0.2, -0.15) is 0 Å². The summed E-state index contributed by atoms with van der Waals surface area (Å²) >= 11 is 5.85. The molecule has 0 aliphatic carbocycles. The SMILES string of the molecule is Cc1nc(S(=O)(=O)c2ccc(Cl)cc2)cc(-c2cc(F)ccc2F)c1CNC(=O)N(C)C. The first-order chi connectivity index (χ1) is 15.0. The van der Waals surface area contributed by atoms with E-state index in [-0.39, 0.29) is 33.3 Å².